The first kappa shape index (κ1) is 30.7. The van der Waals surface area contributed by atoms with Crippen molar-refractivity contribution in [1.29, 1.82) is 0 Å². The maximum absolute atomic E-state index is 6.66. The summed E-state index contributed by atoms with van der Waals surface area (Å²) in [7, 11) is 1.67. The van der Waals surface area contributed by atoms with Crippen LogP contribution in [0, 0.1) is 0 Å². The maximum atomic E-state index is 6.66. The summed E-state index contributed by atoms with van der Waals surface area (Å²) in [6, 6.07) is 8.64. The molecule has 0 bridgehead atoms. The average Bonchev–Trinajstić information content (AvgIpc) is 3.42. The fourth-order valence-electron chi connectivity index (χ4n) is 5.65. The number of methoxy groups -OCH3 is 1. The Bertz CT molecular complexity index is 1050. The van der Waals surface area contributed by atoms with E-state index < -0.39 is 5.72 Å². The molecule has 0 radical (unpaired) electrons. The predicted molar refractivity (Wildman–Crippen MR) is 156 cm³/mol. The van der Waals surface area contributed by atoms with Crippen LogP contribution in [0.1, 0.15) is 104 Å². The molecule has 5 rings (SSSR count). The molecule has 2 unspecified atom stereocenters. The molecule has 7 nitrogen and oxygen atoms in total. The summed E-state index contributed by atoms with van der Waals surface area (Å²) in [5.41, 5.74) is 1.64. The van der Waals surface area contributed by atoms with Gasteiger partial charge in [-0.15, -0.1) is 0 Å². The van der Waals surface area contributed by atoms with Gasteiger partial charge >= 0.3 is 0 Å². The van der Waals surface area contributed by atoms with Gasteiger partial charge in [0.15, 0.2) is 28.7 Å². The number of hydrogen-bond donors (Lipinski definition) is 1. The van der Waals surface area contributed by atoms with Gasteiger partial charge in [-0.05, 0) is 57.4 Å². The smallest absolute Gasteiger partial charge is 0.231 e. The molecule has 0 aromatic heterocycles. The standard InChI is InChI=1S/C28H37NO6.2C2H6/c1-5-31-26-13-18(12-25(30-4)27(26)32-6-2)21-16-28(3,29-19-10-8-7-9-11-19)35-22-15-24-23(14-20(21)22)33-17-34-24;2*1-2/h12-15,19,21,29H,5-11,16-17H2,1-4H3;2*1-2H3. The van der Waals surface area contributed by atoms with Crippen molar-refractivity contribution in [2.24, 2.45) is 0 Å². The summed E-state index contributed by atoms with van der Waals surface area (Å²) < 4.78 is 35.7. The van der Waals surface area contributed by atoms with E-state index in [9.17, 15) is 0 Å². The van der Waals surface area contributed by atoms with Gasteiger partial charge in [0.2, 0.25) is 12.5 Å². The molecular formula is C32H49NO6. The fourth-order valence-corrected chi connectivity index (χ4v) is 5.65. The molecule has 7 heteroatoms. The Kier molecular flexibility index (Phi) is 11.5. The van der Waals surface area contributed by atoms with Crippen molar-refractivity contribution < 1.29 is 28.4 Å². The minimum absolute atomic E-state index is 0.0399. The van der Waals surface area contributed by atoms with Crippen molar-refractivity contribution in [3.8, 4) is 34.5 Å². The van der Waals surface area contributed by atoms with Gasteiger partial charge in [0, 0.05) is 30.0 Å². The summed E-state index contributed by atoms with van der Waals surface area (Å²) >= 11 is 0. The second-order valence-corrected chi connectivity index (χ2v) is 9.73. The van der Waals surface area contributed by atoms with Gasteiger partial charge in [0.25, 0.3) is 0 Å². The fraction of sp³-hybridized carbons (Fsp3) is 0.625. The van der Waals surface area contributed by atoms with Crippen LogP contribution in [0.2, 0.25) is 0 Å². The number of rotatable bonds is 8. The van der Waals surface area contributed by atoms with Crippen LogP contribution in [0.5, 0.6) is 34.5 Å². The first-order chi connectivity index (χ1) is 19.0. The van der Waals surface area contributed by atoms with Crippen LogP contribution < -0.4 is 33.7 Å². The number of benzene rings is 2. The molecular weight excluding hydrogens is 494 g/mol. The summed E-state index contributed by atoms with van der Waals surface area (Å²) in [4.78, 5) is 0. The molecule has 2 aliphatic heterocycles. The summed E-state index contributed by atoms with van der Waals surface area (Å²) in [6.07, 6.45) is 6.97. The van der Waals surface area contributed by atoms with Crippen LogP contribution in [0.25, 0.3) is 0 Å². The van der Waals surface area contributed by atoms with E-state index in [1.807, 2.05) is 47.6 Å². The monoisotopic (exact) mass is 543 g/mol. The van der Waals surface area contributed by atoms with Crippen molar-refractivity contribution in [3.05, 3.63) is 35.4 Å². The summed E-state index contributed by atoms with van der Waals surface area (Å²) in [6.45, 7) is 15.4. The highest BCUT2D eigenvalue weighted by Crippen LogP contribution is 2.51. The number of ether oxygens (including phenoxy) is 6. The van der Waals surface area contributed by atoms with Crippen molar-refractivity contribution >= 4 is 0 Å². The highest BCUT2D eigenvalue weighted by molar-refractivity contribution is 5.60. The third kappa shape index (κ3) is 7.05. The van der Waals surface area contributed by atoms with Crippen LogP contribution in [0.3, 0.4) is 0 Å². The van der Waals surface area contributed by atoms with Crippen molar-refractivity contribution in [2.45, 2.75) is 105 Å². The second-order valence-electron chi connectivity index (χ2n) is 9.73. The van der Waals surface area contributed by atoms with Crippen LogP contribution in [-0.2, 0) is 0 Å². The van der Waals surface area contributed by atoms with Gasteiger partial charge in [-0.25, -0.2) is 0 Å². The van der Waals surface area contributed by atoms with Crippen molar-refractivity contribution in [1.82, 2.24) is 5.32 Å². The Labute approximate surface area is 235 Å². The molecule has 3 aliphatic rings. The molecule has 0 spiro atoms. The van der Waals surface area contributed by atoms with E-state index in [-0.39, 0.29) is 12.7 Å². The largest absolute Gasteiger partial charge is 0.493 e. The van der Waals surface area contributed by atoms with Gasteiger partial charge in [0.05, 0.1) is 20.3 Å². The van der Waals surface area contributed by atoms with Crippen LogP contribution in [0.15, 0.2) is 24.3 Å². The topological polar surface area (TPSA) is 67.4 Å². The maximum Gasteiger partial charge on any atom is 0.231 e. The molecule has 39 heavy (non-hydrogen) atoms. The van der Waals surface area contributed by atoms with E-state index in [4.69, 9.17) is 28.4 Å². The molecule has 1 aliphatic carbocycles. The van der Waals surface area contributed by atoms with E-state index in [1.54, 1.807) is 7.11 Å². The van der Waals surface area contributed by atoms with Gasteiger partial charge in [-0.3, -0.25) is 5.32 Å². The molecule has 0 saturated heterocycles. The Balaban J connectivity index is 0.00000100. The molecule has 2 heterocycles. The third-order valence-electron chi connectivity index (χ3n) is 7.18. The lowest BCUT2D eigenvalue weighted by Crippen LogP contribution is -2.55. The molecule has 1 saturated carbocycles. The predicted octanol–water partition coefficient (Wildman–Crippen LogP) is 7.83. The zero-order valence-corrected chi connectivity index (χ0v) is 25.3. The number of fused-ring (bicyclic) bond motifs is 2. The number of hydrogen-bond acceptors (Lipinski definition) is 7. The van der Waals surface area contributed by atoms with Gasteiger partial charge < -0.3 is 28.4 Å². The SMILES string of the molecule is CC.CC.CCOc1cc(C2CC(C)(NC3CCCCC3)Oc3cc4c(cc32)OCO4)cc(OC)c1OCC. The molecule has 0 amide bonds. The van der Waals surface area contributed by atoms with Crippen molar-refractivity contribution in [2.75, 3.05) is 27.1 Å². The van der Waals surface area contributed by atoms with Gasteiger partial charge in [0.1, 0.15) is 5.75 Å². The molecule has 2 aromatic rings. The lowest BCUT2D eigenvalue weighted by atomic mass is 9.81. The minimum atomic E-state index is -0.523. The molecule has 2 atom stereocenters. The van der Waals surface area contributed by atoms with E-state index in [0.29, 0.717) is 36.5 Å². The highest BCUT2D eigenvalue weighted by atomic mass is 16.7. The first-order valence-corrected chi connectivity index (χ1v) is 14.9. The zero-order valence-electron chi connectivity index (χ0n) is 25.3. The molecule has 218 valence electrons. The Hall–Kier alpha value is -2.80. The molecule has 2 aromatic carbocycles. The van der Waals surface area contributed by atoms with Crippen molar-refractivity contribution in [3.63, 3.8) is 0 Å². The van der Waals surface area contributed by atoms with Crippen LogP contribution in [-0.4, -0.2) is 38.9 Å². The normalized spacial score (nSPS) is 21.3. The first-order valence-electron chi connectivity index (χ1n) is 14.9. The lowest BCUT2D eigenvalue weighted by molar-refractivity contribution is 0.00829. The quantitative estimate of drug-likeness (QED) is 0.364. The van der Waals surface area contributed by atoms with E-state index in [0.717, 1.165) is 34.8 Å². The average molecular weight is 544 g/mol. The summed E-state index contributed by atoms with van der Waals surface area (Å²) in [5.74, 6) is 4.35. The Morgan fingerprint density at radius 2 is 1.49 bits per heavy atom. The Morgan fingerprint density at radius 1 is 0.846 bits per heavy atom. The van der Waals surface area contributed by atoms with E-state index in [2.05, 4.69) is 30.4 Å². The summed E-state index contributed by atoms with van der Waals surface area (Å²) in [5, 5.41) is 3.86. The third-order valence-corrected chi connectivity index (χ3v) is 7.18. The van der Waals surface area contributed by atoms with Gasteiger partial charge in [-0.1, -0.05) is 47.0 Å². The van der Waals surface area contributed by atoms with E-state index in [1.165, 1.54) is 32.1 Å². The van der Waals surface area contributed by atoms with Crippen LogP contribution in [0.4, 0.5) is 0 Å². The molecule has 1 fully saturated rings. The molecule has 1 N–H and O–H groups in total. The lowest BCUT2D eigenvalue weighted by Gasteiger charge is -2.43. The Morgan fingerprint density at radius 3 is 2.13 bits per heavy atom. The zero-order chi connectivity index (χ0) is 28.4. The van der Waals surface area contributed by atoms with E-state index >= 15 is 0 Å². The van der Waals surface area contributed by atoms with Gasteiger partial charge in [-0.2, -0.15) is 0 Å². The number of nitrogens with one attached hydrogen (secondary N) is 1. The minimum Gasteiger partial charge on any atom is -0.493 e. The second kappa shape index (κ2) is 14.5. The highest BCUT2D eigenvalue weighted by Gasteiger charge is 2.41. The van der Waals surface area contributed by atoms with Crippen LogP contribution >= 0.6 is 0 Å².